The van der Waals surface area contributed by atoms with E-state index < -0.39 is 0 Å². The smallest absolute Gasteiger partial charge is 0.164 e. The highest BCUT2D eigenvalue weighted by Gasteiger charge is 2.27. The minimum atomic E-state index is 0.555. The largest absolute Gasteiger partial charge is 0.493 e. The molecular weight excluding hydrogens is 504 g/mol. The monoisotopic (exact) mass is 528 g/mol. The molecule has 198 valence electrons. The molecule has 9 nitrogen and oxygen atoms in total. The third kappa shape index (κ3) is 3.01. The van der Waals surface area contributed by atoms with E-state index in [-0.39, 0.29) is 0 Å². The highest BCUT2D eigenvalue weighted by atomic mass is 16.5. The summed E-state index contributed by atoms with van der Waals surface area (Å²) in [6.45, 7) is 0. The average molecular weight is 529 g/mol. The number of fused-ring (bicyclic) bond motifs is 12. The molecule has 0 aliphatic heterocycles. The van der Waals surface area contributed by atoms with Gasteiger partial charge in [-0.25, -0.2) is 0 Å². The lowest BCUT2D eigenvalue weighted by Crippen LogP contribution is -1.89. The van der Waals surface area contributed by atoms with Crippen LogP contribution in [0.2, 0.25) is 0 Å². The molecule has 0 atom stereocenters. The van der Waals surface area contributed by atoms with Crippen LogP contribution in [0.25, 0.3) is 65.8 Å². The topological polar surface area (TPSA) is 94.8 Å². The van der Waals surface area contributed by atoms with E-state index in [4.69, 9.17) is 41.7 Å². The molecule has 9 heteroatoms. The maximum absolute atomic E-state index is 6.52. The molecule has 7 rings (SSSR count). The Labute approximate surface area is 221 Å². The predicted octanol–water partition coefficient (Wildman–Crippen LogP) is 7.44. The molecule has 39 heavy (non-hydrogen) atoms. The summed E-state index contributed by atoms with van der Waals surface area (Å²) in [4.78, 5) is 0. The summed E-state index contributed by atoms with van der Waals surface area (Å²) < 4.78 is 53.0. The maximum atomic E-state index is 6.52. The average Bonchev–Trinajstić information content (AvgIpc) is 3.64. The molecule has 0 radical (unpaired) electrons. The van der Waals surface area contributed by atoms with Gasteiger partial charge in [-0.1, -0.05) is 0 Å². The second-order valence-electron chi connectivity index (χ2n) is 9.03. The second kappa shape index (κ2) is 8.29. The van der Waals surface area contributed by atoms with Gasteiger partial charge in [-0.15, -0.1) is 0 Å². The van der Waals surface area contributed by atoms with Crippen molar-refractivity contribution in [3.8, 4) is 34.5 Å². The van der Waals surface area contributed by atoms with Crippen LogP contribution in [0.5, 0.6) is 34.5 Å². The van der Waals surface area contributed by atoms with E-state index in [2.05, 4.69) is 0 Å². The standard InChI is InChI=1S/C30H24O9/c1-31-19-7-13-16(10-22(19)34-4)37-28-25(13)29-27(14-8-20(32-2)23(35-5)11-17(14)38-29)30-26(28)15-9-21(33-3)24(36-6)12-18(15)39-30/h7-12H,1-6H3. The number of methoxy groups -OCH3 is 6. The Kier molecular flexibility index (Phi) is 4.94. The molecular formula is C30H24O9. The highest BCUT2D eigenvalue weighted by molar-refractivity contribution is 6.36. The van der Waals surface area contributed by atoms with E-state index in [0.29, 0.717) is 68.0 Å². The Balaban J connectivity index is 1.78. The molecule has 0 N–H and O–H groups in total. The van der Waals surface area contributed by atoms with Gasteiger partial charge in [0.05, 0.1) is 58.8 Å². The first-order valence-corrected chi connectivity index (χ1v) is 12.1. The van der Waals surface area contributed by atoms with Crippen LogP contribution in [0.1, 0.15) is 0 Å². The fourth-order valence-corrected chi connectivity index (χ4v) is 5.47. The molecule has 3 aromatic heterocycles. The minimum Gasteiger partial charge on any atom is -0.493 e. The van der Waals surface area contributed by atoms with E-state index in [9.17, 15) is 0 Å². The van der Waals surface area contributed by atoms with Gasteiger partial charge < -0.3 is 41.7 Å². The Hall–Kier alpha value is -4.92. The molecule has 0 unspecified atom stereocenters. The lowest BCUT2D eigenvalue weighted by Gasteiger charge is -2.06. The second-order valence-corrected chi connectivity index (χ2v) is 9.03. The first-order valence-electron chi connectivity index (χ1n) is 12.1. The summed E-state index contributed by atoms with van der Waals surface area (Å²) in [5.74, 6) is 3.38. The Morgan fingerprint density at radius 3 is 0.821 bits per heavy atom. The lowest BCUT2D eigenvalue weighted by atomic mass is 10.0. The van der Waals surface area contributed by atoms with Gasteiger partial charge in [0, 0.05) is 34.4 Å². The summed E-state index contributed by atoms with van der Waals surface area (Å²) >= 11 is 0. The van der Waals surface area contributed by atoms with Crippen molar-refractivity contribution in [2.45, 2.75) is 0 Å². The van der Waals surface area contributed by atoms with Crippen molar-refractivity contribution in [1.82, 2.24) is 0 Å². The Morgan fingerprint density at radius 2 is 0.590 bits per heavy atom. The van der Waals surface area contributed by atoms with Crippen LogP contribution in [0.15, 0.2) is 49.6 Å². The van der Waals surface area contributed by atoms with Crippen molar-refractivity contribution in [2.75, 3.05) is 42.7 Å². The first-order chi connectivity index (χ1) is 19.0. The third-order valence-electron chi connectivity index (χ3n) is 7.26. The third-order valence-corrected chi connectivity index (χ3v) is 7.26. The van der Waals surface area contributed by atoms with Crippen molar-refractivity contribution in [2.24, 2.45) is 0 Å². The van der Waals surface area contributed by atoms with Gasteiger partial charge in [-0.3, -0.25) is 0 Å². The van der Waals surface area contributed by atoms with Crippen LogP contribution in [-0.4, -0.2) is 42.7 Å². The van der Waals surface area contributed by atoms with Crippen LogP contribution >= 0.6 is 0 Å². The SMILES string of the molecule is COc1cc2oc3c(c2cc1OC)c1oc2cc(OC)c(OC)cc2c1c1oc2cc(OC)c(OC)cc2c31. The summed E-state index contributed by atoms with van der Waals surface area (Å²) in [6.07, 6.45) is 0. The van der Waals surface area contributed by atoms with E-state index in [0.717, 1.165) is 32.3 Å². The molecule has 3 heterocycles. The van der Waals surface area contributed by atoms with Gasteiger partial charge in [0.2, 0.25) is 0 Å². The molecule has 0 saturated heterocycles. The van der Waals surface area contributed by atoms with E-state index in [1.54, 1.807) is 42.7 Å². The van der Waals surface area contributed by atoms with Crippen LogP contribution in [0.4, 0.5) is 0 Å². The van der Waals surface area contributed by atoms with Gasteiger partial charge in [-0.2, -0.15) is 0 Å². The van der Waals surface area contributed by atoms with Crippen molar-refractivity contribution in [1.29, 1.82) is 0 Å². The number of rotatable bonds is 6. The predicted molar refractivity (Wildman–Crippen MR) is 148 cm³/mol. The van der Waals surface area contributed by atoms with Crippen LogP contribution in [0, 0.1) is 0 Å². The van der Waals surface area contributed by atoms with Crippen LogP contribution in [0.3, 0.4) is 0 Å². The lowest BCUT2D eigenvalue weighted by molar-refractivity contribution is 0.355. The molecule has 0 aliphatic carbocycles. The molecule has 7 aromatic rings. The fourth-order valence-electron chi connectivity index (χ4n) is 5.47. The maximum Gasteiger partial charge on any atom is 0.164 e. The molecule has 4 aromatic carbocycles. The molecule has 0 bridgehead atoms. The zero-order valence-corrected chi connectivity index (χ0v) is 22.1. The number of hydrogen-bond donors (Lipinski definition) is 0. The van der Waals surface area contributed by atoms with Crippen LogP contribution in [-0.2, 0) is 0 Å². The Bertz CT molecular complexity index is 1820. The number of ether oxygens (including phenoxy) is 6. The first kappa shape index (κ1) is 23.2. The van der Waals surface area contributed by atoms with Gasteiger partial charge in [0.15, 0.2) is 51.2 Å². The molecule has 0 spiro atoms. The molecule has 0 fully saturated rings. The molecule has 0 aliphatic rings. The number of hydrogen-bond acceptors (Lipinski definition) is 9. The number of furan rings is 3. The summed E-state index contributed by atoms with van der Waals surface area (Å²) in [5.41, 5.74) is 3.65. The van der Waals surface area contributed by atoms with Crippen molar-refractivity contribution < 1.29 is 41.7 Å². The molecule has 0 amide bonds. The Morgan fingerprint density at radius 1 is 0.359 bits per heavy atom. The minimum absolute atomic E-state index is 0.555. The quantitative estimate of drug-likeness (QED) is 0.218. The van der Waals surface area contributed by atoms with E-state index in [1.165, 1.54) is 0 Å². The highest BCUT2D eigenvalue weighted by Crippen LogP contribution is 2.51. The van der Waals surface area contributed by atoms with Crippen molar-refractivity contribution >= 4 is 65.8 Å². The molecule has 0 saturated carbocycles. The number of benzene rings is 4. The summed E-state index contributed by atoms with van der Waals surface area (Å²) in [7, 11) is 9.57. The zero-order valence-electron chi connectivity index (χ0n) is 22.1. The fraction of sp³-hybridized carbons (Fsp3) is 0.200. The van der Waals surface area contributed by atoms with Crippen molar-refractivity contribution in [3.05, 3.63) is 36.4 Å². The van der Waals surface area contributed by atoms with Gasteiger partial charge in [0.1, 0.15) is 16.7 Å². The zero-order chi connectivity index (χ0) is 27.0. The van der Waals surface area contributed by atoms with Crippen molar-refractivity contribution in [3.63, 3.8) is 0 Å². The normalized spacial score (nSPS) is 11.8. The summed E-state index contributed by atoms with van der Waals surface area (Å²) in [5, 5.41) is 4.76. The van der Waals surface area contributed by atoms with Crippen LogP contribution < -0.4 is 28.4 Å². The van der Waals surface area contributed by atoms with E-state index >= 15 is 0 Å². The van der Waals surface area contributed by atoms with E-state index in [1.807, 2.05) is 36.4 Å². The summed E-state index contributed by atoms with van der Waals surface area (Å²) in [6, 6.07) is 11.1. The van der Waals surface area contributed by atoms with Gasteiger partial charge >= 0.3 is 0 Å². The van der Waals surface area contributed by atoms with Gasteiger partial charge in [-0.05, 0) is 18.2 Å². The van der Waals surface area contributed by atoms with Gasteiger partial charge in [0.25, 0.3) is 0 Å².